The smallest absolute Gasteiger partial charge is 0.270 e. The fourth-order valence-electron chi connectivity index (χ4n) is 1.31. The average molecular weight is 286 g/mol. The number of nitrogens with zero attached hydrogens (tertiary/aromatic N) is 1. The Morgan fingerprint density at radius 1 is 1.32 bits per heavy atom. The minimum Gasteiger partial charge on any atom is -0.355 e. The van der Waals surface area contributed by atoms with E-state index >= 15 is 0 Å². The first-order chi connectivity index (χ1) is 8.91. The van der Waals surface area contributed by atoms with Crippen LogP contribution in [0.2, 0.25) is 5.02 Å². The molecule has 0 saturated carbocycles. The molecule has 0 aromatic heterocycles. The summed E-state index contributed by atoms with van der Waals surface area (Å²) in [6.45, 7) is 1.84. The number of carbonyl (C=O) groups excluding carboxylic acids is 2. The van der Waals surface area contributed by atoms with Crippen LogP contribution in [0, 0.1) is 10.1 Å². The number of benzene rings is 1. The molecule has 0 heterocycles. The first-order valence-electron chi connectivity index (χ1n) is 5.38. The Balaban J connectivity index is 2.68. The van der Waals surface area contributed by atoms with Crippen molar-refractivity contribution in [2.45, 2.75) is 6.92 Å². The zero-order valence-corrected chi connectivity index (χ0v) is 10.9. The minimum atomic E-state index is -0.607. The number of nitrogens with one attached hydrogen (secondary N) is 2. The number of hydrogen-bond acceptors (Lipinski definition) is 4. The van der Waals surface area contributed by atoms with E-state index in [9.17, 15) is 19.7 Å². The maximum absolute atomic E-state index is 11.8. The van der Waals surface area contributed by atoms with Gasteiger partial charge in [0.05, 0.1) is 15.5 Å². The van der Waals surface area contributed by atoms with Crippen molar-refractivity contribution in [1.82, 2.24) is 10.6 Å². The molecule has 1 aromatic carbocycles. The Kier molecular flexibility index (Phi) is 5.25. The molecule has 8 heteroatoms. The van der Waals surface area contributed by atoms with Crippen LogP contribution in [-0.2, 0) is 4.79 Å². The Morgan fingerprint density at radius 3 is 2.53 bits per heavy atom. The lowest BCUT2D eigenvalue weighted by Gasteiger charge is -2.07. The van der Waals surface area contributed by atoms with Crippen LogP contribution in [0.25, 0.3) is 0 Å². The summed E-state index contributed by atoms with van der Waals surface area (Å²) >= 11 is 5.81. The van der Waals surface area contributed by atoms with Crippen LogP contribution in [0.1, 0.15) is 17.3 Å². The molecule has 0 saturated heterocycles. The summed E-state index contributed by atoms with van der Waals surface area (Å²) in [6, 6.07) is 3.62. The van der Waals surface area contributed by atoms with Gasteiger partial charge in [0.1, 0.15) is 0 Å². The molecular weight excluding hydrogens is 274 g/mol. The van der Waals surface area contributed by atoms with Gasteiger partial charge in [-0.15, -0.1) is 0 Å². The van der Waals surface area contributed by atoms with Crippen molar-refractivity contribution >= 4 is 29.1 Å². The Hall–Kier alpha value is -2.15. The zero-order valence-electron chi connectivity index (χ0n) is 10.1. The first kappa shape index (κ1) is 14.9. The average Bonchev–Trinajstić information content (AvgIpc) is 2.34. The van der Waals surface area contributed by atoms with Crippen LogP contribution in [0.4, 0.5) is 5.69 Å². The maximum atomic E-state index is 11.8. The molecule has 102 valence electrons. The highest BCUT2D eigenvalue weighted by molar-refractivity contribution is 6.33. The van der Waals surface area contributed by atoms with E-state index in [1.54, 1.807) is 0 Å². The van der Waals surface area contributed by atoms with Crippen LogP contribution in [0.15, 0.2) is 18.2 Å². The lowest BCUT2D eigenvalue weighted by atomic mass is 10.2. The highest BCUT2D eigenvalue weighted by Crippen LogP contribution is 2.21. The second-order valence-corrected chi connectivity index (χ2v) is 4.07. The first-order valence-corrected chi connectivity index (χ1v) is 5.76. The monoisotopic (exact) mass is 285 g/mol. The number of rotatable bonds is 5. The topological polar surface area (TPSA) is 101 Å². The Labute approximate surface area is 114 Å². The standard InChI is InChI=1S/C11H12ClN3O4/c1-7(16)13-4-5-14-11(17)9-6-8(15(18)19)2-3-10(9)12/h2-3,6H,4-5H2,1H3,(H,13,16)(H,14,17). The second-order valence-electron chi connectivity index (χ2n) is 3.66. The third-order valence-electron chi connectivity index (χ3n) is 2.19. The molecule has 2 N–H and O–H groups in total. The number of non-ortho nitro benzene ring substituents is 1. The van der Waals surface area contributed by atoms with Gasteiger partial charge in [-0.2, -0.15) is 0 Å². The number of halogens is 1. The van der Waals surface area contributed by atoms with Crippen LogP contribution in [0.5, 0.6) is 0 Å². The van der Waals surface area contributed by atoms with Crippen molar-refractivity contribution in [3.05, 3.63) is 38.9 Å². The number of hydrogen-bond donors (Lipinski definition) is 2. The van der Waals surface area contributed by atoms with Gasteiger partial charge in [0.2, 0.25) is 5.91 Å². The van der Waals surface area contributed by atoms with Crippen LogP contribution in [0.3, 0.4) is 0 Å². The molecule has 0 bridgehead atoms. The summed E-state index contributed by atoms with van der Waals surface area (Å²) in [5.41, 5.74) is -0.185. The summed E-state index contributed by atoms with van der Waals surface area (Å²) in [5.74, 6) is -0.735. The van der Waals surface area contributed by atoms with Gasteiger partial charge in [-0.1, -0.05) is 11.6 Å². The fourth-order valence-corrected chi connectivity index (χ4v) is 1.51. The van der Waals surface area contributed by atoms with Crippen LogP contribution < -0.4 is 10.6 Å². The third kappa shape index (κ3) is 4.55. The van der Waals surface area contributed by atoms with E-state index in [0.29, 0.717) is 0 Å². The van der Waals surface area contributed by atoms with Gasteiger partial charge in [-0.25, -0.2) is 0 Å². The summed E-state index contributed by atoms with van der Waals surface area (Å²) in [6.07, 6.45) is 0. The predicted molar refractivity (Wildman–Crippen MR) is 69.1 cm³/mol. The minimum absolute atomic E-state index is 0.0266. The van der Waals surface area contributed by atoms with E-state index in [-0.39, 0.29) is 35.3 Å². The zero-order chi connectivity index (χ0) is 14.4. The number of nitro groups is 1. The van der Waals surface area contributed by atoms with Crippen molar-refractivity contribution in [3.8, 4) is 0 Å². The third-order valence-corrected chi connectivity index (χ3v) is 2.52. The van der Waals surface area contributed by atoms with E-state index in [1.165, 1.54) is 19.1 Å². The van der Waals surface area contributed by atoms with Crippen molar-refractivity contribution in [3.63, 3.8) is 0 Å². The predicted octanol–water partition coefficient (Wildman–Crippen LogP) is 1.11. The SMILES string of the molecule is CC(=O)NCCNC(=O)c1cc([N+](=O)[O-])ccc1Cl. The highest BCUT2D eigenvalue weighted by Gasteiger charge is 2.15. The second kappa shape index (κ2) is 6.69. The largest absolute Gasteiger partial charge is 0.355 e. The molecule has 0 atom stereocenters. The number of nitro benzene ring substituents is 1. The van der Waals surface area contributed by atoms with Gasteiger partial charge < -0.3 is 10.6 Å². The molecule has 0 fully saturated rings. The molecule has 0 unspecified atom stereocenters. The van der Waals surface area contributed by atoms with Crippen molar-refractivity contribution in [2.24, 2.45) is 0 Å². The quantitative estimate of drug-likeness (QED) is 0.481. The van der Waals surface area contributed by atoms with Crippen molar-refractivity contribution < 1.29 is 14.5 Å². The van der Waals surface area contributed by atoms with E-state index in [2.05, 4.69) is 10.6 Å². The molecule has 0 aliphatic heterocycles. The van der Waals surface area contributed by atoms with E-state index in [4.69, 9.17) is 11.6 Å². The molecular formula is C11H12ClN3O4. The highest BCUT2D eigenvalue weighted by atomic mass is 35.5. The van der Waals surface area contributed by atoms with E-state index in [0.717, 1.165) is 6.07 Å². The molecule has 0 spiro atoms. The van der Waals surface area contributed by atoms with Gasteiger partial charge in [0.15, 0.2) is 0 Å². The molecule has 2 amide bonds. The summed E-state index contributed by atoms with van der Waals surface area (Å²) in [7, 11) is 0. The van der Waals surface area contributed by atoms with Gasteiger partial charge in [-0.05, 0) is 6.07 Å². The van der Waals surface area contributed by atoms with E-state index in [1.807, 2.05) is 0 Å². The molecule has 1 aromatic rings. The molecule has 1 rings (SSSR count). The maximum Gasteiger partial charge on any atom is 0.270 e. The van der Waals surface area contributed by atoms with Gasteiger partial charge in [0, 0.05) is 32.1 Å². The van der Waals surface area contributed by atoms with Crippen LogP contribution >= 0.6 is 11.6 Å². The lowest BCUT2D eigenvalue weighted by Crippen LogP contribution is -2.33. The van der Waals surface area contributed by atoms with Gasteiger partial charge in [0.25, 0.3) is 11.6 Å². The van der Waals surface area contributed by atoms with Crippen LogP contribution in [-0.4, -0.2) is 29.8 Å². The lowest BCUT2D eigenvalue weighted by molar-refractivity contribution is -0.384. The van der Waals surface area contributed by atoms with Crippen molar-refractivity contribution in [1.29, 1.82) is 0 Å². The Bertz CT molecular complexity index is 519. The van der Waals surface area contributed by atoms with Crippen molar-refractivity contribution in [2.75, 3.05) is 13.1 Å². The number of carbonyl (C=O) groups is 2. The summed E-state index contributed by atoms with van der Waals surface area (Å²) < 4.78 is 0. The van der Waals surface area contributed by atoms with E-state index < -0.39 is 10.8 Å². The molecule has 0 aliphatic rings. The Morgan fingerprint density at radius 2 is 1.95 bits per heavy atom. The summed E-state index contributed by atoms with van der Waals surface area (Å²) in [5, 5.41) is 15.7. The fraction of sp³-hybridized carbons (Fsp3) is 0.273. The molecule has 7 nitrogen and oxygen atoms in total. The molecule has 0 aliphatic carbocycles. The molecule has 0 radical (unpaired) electrons. The van der Waals surface area contributed by atoms with Gasteiger partial charge >= 0.3 is 0 Å². The number of amides is 2. The summed E-state index contributed by atoms with van der Waals surface area (Å²) in [4.78, 5) is 32.4. The molecule has 19 heavy (non-hydrogen) atoms. The normalized spacial score (nSPS) is 9.79. The van der Waals surface area contributed by atoms with Gasteiger partial charge in [-0.3, -0.25) is 19.7 Å².